The SMILES string of the molecule is COc1ccc(C(CNC(=O)c2ccc(OC)c(OC)c2OC)N2CCCCC2)cc1. The number of amides is 1. The van der Waals surface area contributed by atoms with Crippen molar-refractivity contribution in [3.8, 4) is 23.0 Å². The molecule has 0 saturated carbocycles. The summed E-state index contributed by atoms with van der Waals surface area (Å²) in [5.74, 6) is 1.88. The van der Waals surface area contributed by atoms with E-state index in [0.717, 1.165) is 24.4 Å². The van der Waals surface area contributed by atoms with Crippen LogP contribution >= 0.6 is 0 Å². The molecule has 0 radical (unpaired) electrons. The van der Waals surface area contributed by atoms with Gasteiger partial charge in [-0.25, -0.2) is 0 Å². The quantitative estimate of drug-likeness (QED) is 0.657. The number of nitrogens with one attached hydrogen (secondary N) is 1. The summed E-state index contributed by atoms with van der Waals surface area (Å²) in [7, 11) is 6.25. The molecule has 168 valence electrons. The molecule has 0 bridgehead atoms. The zero-order valence-electron chi connectivity index (χ0n) is 18.8. The van der Waals surface area contributed by atoms with Crippen molar-refractivity contribution >= 4 is 5.91 Å². The number of hydrogen-bond donors (Lipinski definition) is 1. The minimum atomic E-state index is -0.215. The summed E-state index contributed by atoms with van der Waals surface area (Å²) in [4.78, 5) is 15.5. The topological polar surface area (TPSA) is 69.3 Å². The molecule has 1 aliphatic rings. The minimum absolute atomic E-state index is 0.0845. The highest BCUT2D eigenvalue weighted by Crippen LogP contribution is 2.39. The van der Waals surface area contributed by atoms with Crippen molar-refractivity contribution in [3.05, 3.63) is 47.5 Å². The maximum Gasteiger partial charge on any atom is 0.255 e. The molecule has 2 aromatic rings. The molecule has 31 heavy (non-hydrogen) atoms. The standard InChI is InChI=1S/C24H32N2O5/c1-28-18-10-8-17(9-11-18)20(26-14-6-5-7-15-26)16-25-24(27)19-12-13-21(29-2)23(31-4)22(19)30-3/h8-13,20H,5-7,14-16H2,1-4H3,(H,25,27). The van der Waals surface area contributed by atoms with Gasteiger partial charge in [0.2, 0.25) is 5.75 Å². The molecule has 0 aliphatic carbocycles. The maximum absolute atomic E-state index is 13.1. The number of methoxy groups -OCH3 is 4. The highest BCUT2D eigenvalue weighted by atomic mass is 16.5. The molecule has 1 amide bonds. The van der Waals surface area contributed by atoms with Gasteiger partial charge in [0.15, 0.2) is 11.5 Å². The Hall–Kier alpha value is -2.93. The zero-order chi connectivity index (χ0) is 22.2. The molecule has 1 atom stereocenters. The van der Waals surface area contributed by atoms with Gasteiger partial charge in [0.1, 0.15) is 5.75 Å². The second-order valence-electron chi connectivity index (χ2n) is 7.48. The Labute approximate surface area is 184 Å². The minimum Gasteiger partial charge on any atom is -0.497 e. The van der Waals surface area contributed by atoms with Gasteiger partial charge < -0.3 is 24.3 Å². The van der Waals surface area contributed by atoms with E-state index < -0.39 is 0 Å². The Bertz CT molecular complexity index is 863. The molecule has 1 fully saturated rings. The van der Waals surface area contributed by atoms with Gasteiger partial charge in [0.05, 0.1) is 40.0 Å². The molecule has 2 aromatic carbocycles. The van der Waals surface area contributed by atoms with Gasteiger partial charge >= 0.3 is 0 Å². The van der Waals surface area contributed by atoms with E-state index in [1.165, 1.54) is 33.5 Å². The van der Waals surface area contributed by atoms with Crippen LogP contribution in [0.3, 0.4) is 0 Å². The Kier molecular flexibility index (Phi) is 8.00. The van der Waals surface area contributed by atoms with E-state index in [4.69, 9.17) is 18.9 Å². The molecule has 0 spiro atoms. The van der Waals surface area contributed by atoms with E-state index in [1.807, 2.05) is 12.1 Å². The van der Waals surface area contributed by atoms with Crippen LogP contribution < -0.4 is 24.3 Å². The van der Waals surface area contributed by atoms with Crippen LogP contribution in [0.4, 0.5) is 0 Å². The number of likely N-dealkylation sites (tertiary alicyclic amines) is 1. The molecule has 7 nitrogen and oxygen atoms in total. The van der Waals surface area contributed by atoms with Crippen molar-refractivity contribution in [2.45, 2.75) is 25.3 Å². The van der Waals surface area contributed by atoms with Crippen molar-refractivity contribution in [2.24, 2.45) is 0 Å². The number of carbonyl (C=O) groups is 1. The Morgan fingerprint density at radius 3 is 2.13 bits per heavy atom. The third-order valence-corrected chi connectivity index (χ3v) is 5.74. The van der Waals surface area contributed by atoms with E-state index in [0.29, 0.717) is 29.4 Å². The van der Waals surface area contributed by atoms with Gasteiger partial charge in [-0.05, 0) is 55.8 Å². The largest absolute Gasteiger partial charge is 0.497 e. The van der Waals surface area contributed by atoms with Crippen LogP contribution in [0, 0.1) is 0 Å². The number of rotatable bonds is 9. The molecule has 1 N–H and O–H groups in total. The summed E-state index contributed by atoms with van der Waals surface area (Å²) in [6, 6.07) is 11.6. The molecule has 1 aliphatic heterocycles. The van der Waals surface area contributed by atoms with Gasteiger partial charge in [-0.3, -0.25) is 9.69 Å². The fourth-order valence-electron chi connectivity index (χ4n) is 4.08. The molecule has 1 saturated heterocycles. The van der Waals surface area contributed by atoms with Gasteiger partial charge in [-0.1, -0.05) is 18.6 Å². The zero-order valence-corrected chi connectivity index (χ0v) is 18.8. The molecule has 1 unspecified atom stereocenters. The van der Waals surface area contributed by atoms with E-state index in [1.54, 1.807) is 26.4 Å². The Morgan fingerprint density at radius 1 is 0.871 bits per heavy atom. The molecular weight excluding hydrogens is 396 g/mol. The Morgan fingerprint density at radius 2 is 1.55 bits per heavy atom. The number of ether oxygens (including phenoxy) is 4. The van der Waals surface area contributed by atoms with E-state index in [9.17, 15) is 4.79 Å². The van der Waals surface area contributed by atoms with Gasteiger partial charge in [-0.2, -0.15) is 0 Å². The first kappa shape index (κ1) is 22.7. The van der Waals surface area contributed by atoms with Gasteiger partial charge in [0.25, 0.3) is 5.91 Å². The van der Waals surface area contributed by atoms with Crippen molar-refractivity contribution in [2.75, 3.05) is 48.1 Å². The summed E-state index contributed by atoms with van der Waals surface area (Å²) < 4.78 is 21.5. The lowest BCUT2D eigenvalue weighted by Crippen LogP contribution is -2.40. The smallest absolute Gasteiger partial charge is 0.255 e. The molecule has 0 aromatic heterocycles. The number of piperidine rings is 1. The predicted molar refractivity (Wildman–Crippen MR) is 120 cm³/mol. The lowest BCUT2D eigenvalue weighted by atomic mass is 10.0. The van der Waals surface area contributed by atoms with Crippen molar-refractivity contribution in [1.29, 1.82) is 0 Å². The summed E-state index contributed by atoms with van der Waals surface area (Å²) in [6.07, 6.45) is 3.59. The van der Waals surface area contributed by atoms with Crippen LogP contribution in [0.5, 0.6) is 23.0 Å². The average molecular weight is 429 g/mol. The average Bonchev–Trinajstić information content (AvgIpc) is 2.83. The van der Waals surface area contributed by atoms with Crippen molar-refractivity contribution in [3.63, 3.8) is 0 Å². The molecule has 3 rings (SSSR count). The first-order chi connectivity index (χ1) is 15.1. The third kappa shape index (κ3) is 5.22. The molecule has 7 heteroatoms. The summed E-state index contributed by atoms with van der Waals surface area (Å²) in [5, 5.41) is 3.10. The lowest BCUT2D eigenvalue weighted by molar-refractivity contribution is 0.0920. The van der Waals surface area contributed by atoms with Crippen LogP contribution in [0.2, 0.25) is 0 Å². The van der Waals surface area contributed by atoms with Crippen LogP contribution in [0.15, 0.2) is 36.4 Å². The van der Waals surface area contributed by atoms with Crippen LogP contribution in [-0.4, -0.2) is 58.9 Å². The van der Waals surface area contributed by atoms with Crippen LogP contribution in [-0.2, 0) is 0 Å². The number of benzene rings is 2. The van der Waals surface area contributed by atoms with Crippen molar-refractivity contribution < 1.29 is 23.7 Å². The first-order valence-electron chi connectivity index (χ1n) is 10.6. The predicted octanol–water partition coefficient (Wildman–Crippen LogP) is 3.68. The van der Waals surface area contributed by atoms with Crippen molar-refractivity contribution in [1.82, 2.24) is 10.2 Å². The highest BCUT2D eigenvalue weighted by molar-refractivity contribution is 5.98. The highest BCUT2D eigenvalue weighted by Gasteiger charge is 2.25. The fraction of sp³-hybridized carbons (Fsp3) is 0.458. The number of carbonyl (C=O) groups excluding carboxylic acids is 1. The van der Waals surface area contributed by atoms with E-state index >= 15 is 0 Å². The number of nitrogens with zero attached hydrogens (tertiary/aromatic N) is 1. The van der Waals surface area contributed by atoms with Crippen LogP contribution in [0.25, 0.3) is 0 Å². The monoisotopic (exact) mass is 428 g/mol. The summed E-state index contributed by atoms with van der Waals surface area (Å²) in [5.41, 5.74) is 1.56. The molecule has 1 heterocycles. The van der Waals surface area contributed by atoms with E-state index in [2.05, 4.69) is 22.3 Å². The second kappa shape index (κ2) is 10.9. The molecular formula is C24H32N2O5. The number of hydrogen-bond acceptors (Lipinski definition) is 6. The Balaban J connectivity index is 1.81. The van der Waals surface area contributed by atoms with E-state index in [-0.39, 0.29) is 11.9 Å². The first-order valence-corrected chi connectivity index (χ1v) is 10.6. The van der Waals surface area contributed by atoms with Gasteiger partial charge in [-0.15, -0.1) is 0 Å². The lowest BCUT2D eigenvalue weighted by Gasteiger charge is -2.35. The normalized spacial score (nSPS) is 15.1. The second-order valence-corrected chi connectivity index (χ2v) is 7.48. The summed E-state index contributed by atoms with van der Waals surface area (Å²) in [6.45, 7) is 2.53. The third-order valence-electron chi connectivity index (χ3n) is 5.74. The van der Waals surface area contributed by atoms with Crippen LogP contribution in [0.1, 0.15) is 41.2 Å². The van der Waals surface area contributed by atoms with Gasteiger partial charge in [0, 0.05) is 6.54 Å². The fourth-order valence-corrected chi connectivity index (χ4v) is 4.08. The summed E-state index contributed by atoms with van der Waals surface area (Å²) >= 11 is 0. The maximum atomic E-state index is 13.1.